The van der Waals surface area contributed by atoms with Gasteiger partial charge in [0.05, 0.1) is 0 Å². The molecular formula is C13H18N2O4. The van der Waals surface area contributed by atoms with Gasteiger partial charge in [-0.05, 0) is 18.1 Å². The molecule has 1 rings (SSSR count). The second kappa shape index (κ2) is 7.38. The van der Waals surface area contributed by atoms with E-state index in [0.29, 0.717) is 12.1 Å². The number of nitrogens with one attached hydrogen (secondary N) is 1. The van der Waals surface area contributed by atoms with Crippen molar-refractivity contribution in [2.24, 2.45) is 5.73 Å². The number of benzene rings is 1. The van der Waals surface area contributed by atoms with Crippen molar-refractivity contribution in [3.63, 3.8) is 0 Å². The number of amides is 1. The van der Waals surface area contributed by atoms with Gasteiger partial charge in [-0.1, -0.05) is 25.1 Å². The monoisotopic (exact) mass is 266 g/mol. The number of hydrogen-bond donors (Lipinski definition) is 3. The van der Waals surface area contributed by atoms with E-state index in [0.717, 1.165) is 6.42 Å². The van der Waals surface area contributed by atoms with Gasteiger partial charge in [-0.3, -0.25) is 0 Å². The van der Waals surface area contributed by atoms with Gasteiger partial charge in [-0.2, -0.15) is 0 Å². The van der Waals surface area contributed by atoms with E-state index < -0.39 is 18.1 Å². The Hall–Kier alpha value is -2.08. The normalized spacial score (nSPS) is 11.7. The minimum atomic E-state index is -0.999. The molecule has 0 fully saturated rings. The number of para-hydroxylation sites is 1. The number of phenols is 1. The molecule has 19 heavy (non-hydrogen) atoms. The zero-order valence-electron chi connectivity index (χ0n) is 10.8. The molecule has 0 radical (unpaired) electrons. The first kappa shape index (κ1) is 15.0. The summed E-state index contributed by atoms with van der Waals surface area (Å²) in [6, 6.07) is 5.55. The first-order valence-electron chi connectivity index (χ1n) is 6.06. The highest BCUT2D eigenvalue weighted by Crippen LogP contribution is 2.17. The number of aromatic hydroxyl groups is 1. The number of esters is 1. The third kappa shape index (κ3) is 4.97. The zero-order chi connectivity index (χ0) is 14.3. The molecule has 4 N–H and O–H groups in total. The maximum Gasteiger partial charge on any atom is 0.414 e. The number of phenolic OH excluding ortho intramolecular Hbond substituents is 1. The van der Waals surface area contributed by atoms with Crippen molar-refractivity contribution in [2.75, 3.05) is 6.54 Å². The molecule has 104 valence electrons. The van der Waals surface area contributed by atoms with E-state index in [1.807, 2.05) is 6.92 Å². The molecule has 1 aromatic rings. The van der Waals surface area contributed by atoms with Gasteiger partial charge in [0.25, 0.3) is 0 Å². The Balaban J connectivity index is 2.49. The van der Waals surface area contributed by atoms with Crippen molar-refractivity contribution in [1.29, 1.82) is 0 Å². The molecule has 0 aromatic heterocycles. The maximum absolute atomic E-state index is 11.5. The molecular weight excluding hydrogens is 248 g/mol. The van der Waals surface area contributed by atoms with E-state index in [1.54, 1.807) is 18.2 Å². The number of ether oxygens (including phenoxy) is 1. The number of rotatable bonds is 5. The number of nitrogens with two attached hydrogens (primary N) is 1. The third-order valence-electron chi connectivity index (χ3n) is 2.45. The van der Waals surface area contributed by atoms with E-state index in [-0.39, 0.29) is 12.2 Å². The molecule has 0 heterocycles. The third-order valence-corrected chi connectivity index (χ3v) is 2.45. The van der Waals surface area contributed by atoms with Crippen LogP contribution in [0.4, 0.5) is 4.79 Å². The van der Waals surface area contributed by atoms with Crippen molar-refractivity contribution in [2.45, 2.75) is 25.8 Å². The Labute approximate surface area is 111 Å². The molecule has 6 heteroatoms. The van der Waals surface area contributed by atoms with Gasteiger partial charge in [0, 0.05) is 13.0 Å². The van der Waals surface area contributed by atoms with Crippen molar-refractivity contribution in [3.05, 3.63) is 29.8 Å². The highest BCUT2D eigenvalue weighted by molar-refractivity contribution is 5.87. The molecule has 1 aromatic carbocycles. The predicted molar refractivity (Wildman–Crippen MR) is 69.6 cm³/mol. The predicted octanol–water partition coefficient (Wildman–Crippen LogP) is 0.925. The van der Waals surface area contributed by atoms with Crippen LogP contribution in [0, 0.1) is 0 Å². The number of carbonyl (C=O) groups excluding carboxylic acids is 2. The Kier molecular flexibility index (Phi) is 5.81. The lowest BCUT2D eigenvalue weighted by atomic mass is 10.1. The smallest absolute Gasteiger partial charge is 0.414 e. The van der Waals surface area contributed by atoms with Gasteiger partial charge in [0.2, 0.25) is 0 Å². The van der Waals surface area contributed by atoms with Crippen molar-refractivity contribution >= 4 is 12.1 Å². The van der Waals surface area contributed by atoms with Gasteiger partial charge >= 0.3 is 12.1 Å². The summed E-state index contributed by atoms with van der Waals surface area (Å²) in [6.45, 7) is 2.31. The summed E-state index contributed by atoms with van der Waals surface area (Å²) < 4.78 is 4.53. The van der Waals surface area contributed by atoms with Crippen molar-refractivity contribution in [1.82, 2.24) is 5.32 Å². The van der Waals surface area contributed by atoms with Crippen LogP contribution in [-0.4, -0.2) is 29.8 Å². The average molecular weight is 266 g/mol. The minimum Gasteiger partial charge on any atom is -0.508 e. The Morgan fingerprint density at radius 1 is 1.42 bits per heavy atom. The summed E-state index contributed by atoms with van der Waals surface area (Å²) in [5.41, 5.74) is 6.16. The van der Waals surface area contributed by atoms with E-state index in [4.69, 9.17) is 5.73 Å². The second-order valence-corrected chi connectivity index (χ2v) is 4.07. The van der Waals surface area contributed by atoms with Crippen LogP contribution in [0.25, 0.3) is 0 Å². The van der Waals surface area contributed by atoms with Crippen LogP contribution < -0.4 is 11.1 Å². The van der Waals surface area contributed by atoms with Crippen molar-refractivity contribution < 1.29 is 19.4 Å². The van der Waals surface area contributed by atoms with Gasteiger partial charge < -0.3 is 20.9 Å². The number of carbonyl (C=O) groups is 2. The quantitative estimate of drug-likeness (QED) is 0.543. The lowest BCUT2D eigenvalue weighted by molar-refractivity contribution is -0.138. The molecule has 0 aliphatic carbocycles. The zero-order valence-corrected chi connectivity index (χ0v) is 10.8. The summed E-state index contributed by atoms with van der Waals surface area (Å²) in [7, 11) is 0. The largest absolute Gasteiger partial charge is 0.508 e. The Morgan fingerprint density at radius 3 is 2.74 bits per heavy atom. The number of hydrogen-bond acceptors (Lipinski definition) is 5. The van der Waals surface area contributed by atoms with Crippen LogP contribution >= 0.6 is 0 Å². The van der Waals surface area contributed by atoms with E-state index in [1.165, 1.54) is 6.07 Å². The fraction of sp³-hybridized carbons (Fsp3) is 0.385. The standard InChI is InChI=1S/C13H18N2O4/c1-2-7-15-13(18)19-12(17)10(14)8-9-5-3-4-6-11(9)16/h3-6,10,16H,2,7-8,14H2,1H3,(H,15,18). The van der Waals surface area contributed by atoms with Crippen LogP contribution in [-0.2, 0) is 16.0 Å². The number of alkyl carbamates (subject to hydrolysis) is 1. The molecule has 0 saturated heterocycles. The molecule has 0 bridgehead atoms. The highest BCUT2D eigenvalue weighted by atomic mass is 16.6. The van der Waals surface area contributed by atoms with Crippen LogP contribution in [0.15, 0.2) is 24.3 Å². The molecule has 1 atom stereocenters. The SMILES string of the molecule is CCCNC(=O)OC(=O)C(N)Cc1ccccc1O. The van der Waals surface area contributed by atoms with Gasteiger partial charge in [0.1, 0.15) is 11.8 Å². The van der Waals surface area contributed by atoms with E-state index in [2.05, 4.69) is 10.1 Å². The Bertz CT molecular complexity index is 448. The van der Waals surface area contributed by atoms with Gasteiger partial charge in [0.15, 0.2) is 0 Å². The van der Waals surface area contributed by atoms with Gasteiger partial charge in [-0.15, -0.1) is 0 Å². The molecule has 0 saturated carbocycles. The van der Waals surface area contributed by atoms with Crippen LogP contribution in [0.3, 0.4) is 0 Å². The summed E-state index contributed by atoms with van der Waals surface area (Å²) in [5.74, 6) is -0.766. The van der Waals surface area contributed by atoms with E-state index in [9.17, 15) is 14.7 Å². The minimum absolute atomic E-state index is 0.0567. The van der Waals surface area contributed by atoms with E-state index >= 15 is 0 Å². The fourth-order valence-electron chi connectivity index (χ4n) is 1.43. The molecule has 6 nitrogen and oxygen atoms in total. The molecule has 0 aliphatic heterocycles. The molecule has 0 spiro atoms. The highest BCUT2D eigenvalue weighted by Gasteiger charge is 2.20. The fourth-order valence-corrected chi connectivity index (χ4v) is 1.43. The summed E-state index contributed by atoms with van der Waals surface area (Å²) >= 11 is 0. The second-order valence-electron chi connectivity index (χ2n) is 4.07. The van der Waals surface area contributed by atoms with Crippen LogP contribution in [0.5, 0.6) is 5.75 Å². The Morgan fingerprint density at radius 2 is 2.11 bits per heavy atom. The van der Waals surface area contributed by atoms with Crippen LogP contribution in [0.1, 0.15) is 18.9 Å². The summed E-state index contributed by atoms with van der Waals surface area (Å²) in [5, 5.41) is 12.0. The van der Waals surface area contributed by atoms with Crippen molar-refractivity contribution in [3.8, 4) is 5.75 Å². The lowest BCUT2D eigenvalue weighted by Crippen LogP contribution is -2.38. The molecule has 1 amide bonds. The summed E-state index contributed by atoms with van der Waals surface area (Å²) in [6.07, 6.45) is 0.0411. The molecule has 0 aliphatic rings. The molecule has 1 unspecified atom stereocenters. The lowest BCUT2D eigenvalue weighted by Gasteiger charge is -2.11. The van der Waals surface area contributed by atoms with Gasteiger partial charge in [-0.25, -0.2) is 9.59 Å². The van der Waals surface area contributed by atoms with Crippen LogP contribution in [0.2, 0.25) is 0 Å². The summed E-state index contributed by atoms with van der Waals surface area (Å²) in [4.78, 5) is 22.7. The first-order chi connectivity index (χ1) is 9.04. The average Bonchev–Trinajstić information content (AvgIpc) is 2.38. The first-order valence-corrected chi connectivity index (χ1v) is 6.06. The maximum atomic E-state index is 11.5. The topological polar surface area (TPSA) is 102 Å².